The summed E-state index contributed by atoms with van der Waals surface area (Å²) in [5, 5.41) is 78.2. The Balaban J connectivity index is 1.92. The van der Waals surface area contributed by atoms with Gasteiger partial charge in [0.1, 0.15) is 11.5 Å². The van der Waals surface area contributed by atoms with Crippen LogP contribution in [-0.4, -0.2) is 46.8 Å². The smallest absolute Gasteiger partial charge is 0.330 e. The Bertz CT molecular complexity index is 1790. The van der Waals surface area contributed by atoms with E-state index in [4.69, 9.17) is 9.47 Å². The van der Waals surface area contributed by atoms with E-state index < -0.39 is 82.9 Å². The van der Waals surface area contributed by atoms with Crippen LogP contribution in [0.3, 0.4) is 0 Å². The second-order valence-electron chi connectivity index (χ2n) is 8.60. The molecule has 0 bridgehead atoms. The number of nitro groups is 4. The molecule has 3 N–H and O–H groups in total. The van der Waals surface area contributed by atoms with Gasteiger partial charge >= 0.3 is 28.9 Å². The standard InChI is InChI=1S/C26H16N4O13/c31-21-12-16(7-10-19(21)27(34)35)42-23-14-26(33,43-17-8-11-20(28(36)37)22(32)13-17)25(30(40)41)18(24(23)29(38)39)9-6-15-4-2-1-3-5-15/h1-5,7-8,10-14,25,31-33H. The zero-order valence-corrected chi connectivity index (χ0v) is 21.2. The van der Waals surface area contributed by atoms with Gasteiger partial charge in [-0.05, 0) is 24.3 Å². The molecule has 0 saturated carbocycles. The van der Waals surface area contributed by atoms with Crippen LogP contribution in [0.4, 0.5) is 11.4 Å². The molecule has 0 saturated heterocycles. The van der Waals surface area contributed by atoms with Gasteiger partial charge in [0.25, 0.3) is 0 Å². The summed E-state index contributed by atoms with van der Waals surface area (Å²) in [4.78, 5) is 42.6. The Labute approximate surface area is 238 Å². The van der Waals surface area contributed by atoms with Crippen LogP contribution in [0, 0.1) is 52.3 Å². The molecule has 3 aromatic rings. The monoisotopic (exact) mass is 592 g/mol. The first-order chi connectivity index (χ1) is 20.3. The van der Waals surface area contributed by atoms with Crippen molar-refractivity contribution in [1.82, 2.24) is 0 Å². The molecule has 2 atom stereocenters. The Kier molecular flexibility index (Phi) is 7.89. The Morgan fingerprint density at radius 2 is 1.30 bits per heavy atom. The van der Waals surface area contributed by atoms with Crippen LogP contribution in [0.2, 0.25) is 0 Å². The lowest BCUT2D eigenvalue weighted by Gasteiger charge is -2.31. The normalized spacial score (nSPS) is 17.6. The van der Waals surface area contributed by atoms with Crippen molar-refractivity contribution in [2.24, 2.45) is 0 Å². The van der Waals surface area contributed by atoms with Gasteiger partial charge in [-0.25, -0.2) is 0 Å². The molecule has 1 aliphatic rings. The van der Waals surface area contributed by atoms with E-state index in [0.717, 1.165) is 30.3 Å². The second-order valence-corrected chi connectivity index (χ2v) is 8.60. The summed E-state index contributed by atoms with van der Waals surface area (Å²) >= 11 is 0. The van der Waals surface area contributed by atoms with Gasteiger partial charge in [-0.1, -0.05) is 30.0 Å². The van der Waals surface area contributed by atoms with Crippen LogP contribution in [0.1, 0.15) is 5.56 Å². The molecule has 43 heavy (non-hydrogen) atoms. The lowest BCUT2D eigenvalue weighted by atomic mass is 9.90. The fourth-order valence-corrected chi connectivity index (χ4v) is 3.96. The summed E-state index contributed by atoms with van der Waals surface area (Å²) in [5.41, 5.74) is -3.17. The zero-order chi connectivity index (χ0) is 31.5. The average Bonchev–Trinajstić information content (AvgIpc) is 2.91. The predicted octanol–water partition coefficient (Wildman–Crippen LogP) is 3.19. The number of hydrogen-bond donors (Lipinski definition) is 3. The number of nitrogens with zero attached hydrogens (tertiary/aromatic N) is 4. The molecule has 17 heteroatoms. The Morgan fingerprint density at radius 3 is 1.81 bits per heavy atom. The topological polar surface area (TPSA) is 252 Å². The van der Waals surface area contributed by atoms with Crippen LogP contribution >= 0.6 is 0 Å². The summed E-state index contributed by atoms with van der Waals surface area (Å²) in [7, 11) is 0. The van der Waals surface area contributed by atoms with Crippen molar-refractivity contribution < 1.29 is 44.5 Å². The first-order valence-corrected chi connectivity index (χ1v) is 11.7. The van der Waals surface area contributed by atoms with Crippen molar-refractivity contribution in [3.63, 3.8) is 0 Å². The minimum Gasteiger partial charge on any atom is -0.502 e. The molecule has 0 amide bonds. The number of rotatable bonds is 8. The van der Waals surface area contributed by atoms with Gasteiger partial charge in [-0.15, -0.1) is 0 Å². The number of aliphatic hydroxyl groups is 1. The highest BCUT2D eigenvalue weighted by atomic mass is 16.7. The minimum absolute atomic E-state index is 0.279. The van der Waals surface area contributed by atoms with Gasteiger partial charge in [0, 0.05) is 40.8 Å². The van der Waals surface area contributed by atoms with Gasteiger partial charge < -0.3 is 24.8 Å². The molecule has 1 aliphatic carbocycles. The fourth-order valence-electron chi connectivity index (χ4n) is 3.96. The van der Waals surface area contributed by atoms with Gasteiger partial charge in [0.2, 0.25) is 5.76 Å². The fraction of sp³-hybridized carbons (Fsp3) is 0.0769. The number of aromatic hydroxyl groups is 2. The van der Waals surface area contributed by atoms with Crippen molar-refractivity contribution in [2.75, 3.05) is 0 Å². The number of phenols is 2. The van der Waals surface area contributed by atoms with Crippen molar-refractivity contribution in [3.05, 3.63) is 136 Å². The first kappa shape index (κ1) is 29.4. The summed E-state index contributed by atoms with van der Waals surface area (Å²) in [6.45, 7) is 0. The van der Waals surface area contributed by atoms with Crippen LogP contribution in [0.25, 0.3) is 0 Å². The molecule has 0 fully saturated rings. The highest BCUT2D eigenvalue weighted by Gasteiger charge is 2.57. The third-order valence-corrected chi connectivity index (χ3v) is 5.80. The maximum absolute atomic E-state index is 12.3. The van der Waals surface area contributed by atoms with Crippen LogP contribution in [-0.2, 0) is 0 Å². The SMILES string of the molecule is O=[N+]([O-])C1=C(C#Cc2ccccc2)C([N+](=O)[O-])C(O)(Oc2ccc([N+](=O)[O-])c(O)c2)C=C1Oc1ccc([N+](=O)[O-])c(O)c1. The molecular formula is C26H16N4O13. The van der Waals surface area contributed by atoms with Gasteiger partial charge in [-0.2, -0.15) is 0 Å². The maximum Gasteiger partial charge on any atom is 0.330 e. The van der Waals surface area contributed by atoms with E-state index in [0.29, 0.717) is 12.1 Å². The van der Waals surface area contributed by atoms with E-state index in [1.165, 1.54) is 12.1 Å². The Morgan fingerprint density at radius 1 is 0.744 bits per heavy atom. The van der Waals surface area contributed by atoms with Gasteiger partial charge in [0.05, 0.1) is 14.8 Å². The number of nitro benzene ring substituents is 2. The molecule has 4 rings (SSSR count). The van der Waals surface area contributed by atoms with E-state index in [2.05, 4.69) is 11.8 Å². The summed E-state index contributed by atoms with van der Waals surface area (Å²) < 4.78 is 10.9. The lowest BCUT2D eigenvalue weighted by molar-refractivity contribution is -0.546. The van der Waals surface area contributed by atoms with E-state index >= 15 is 0 Å². The first-order valence-electron chi connectivity index (χ1n) is 11.7. The van der Waals surface area contributed by atoms with Gasteiger partial charge in [-0.3, -0.25) is 40.5 Å². The number of benzene rings is 3. The summed E-state index contributed by atoms with van der Waals surface area (Å²) in [6, 6.07) is 10.2. The third-order valence-electron chi connectivity index (χ3n) is 5.80. The molecule has 2 unspecified atom stereocenters. The average molecular weight is 592 g/mol. The second kappa shape index (κ2) is 11.5. The van der Waals surface area contributed by atoms with Gasteiger partial charge in [0.15, 0.2) is 17.1 Å². The molecule has 0 spiro atoms. The van der Waals surface area contributed by atoms with E-state index in [-0.39, 0.29) is 5.56 Å². The minimum atomic E-state index is -3.13. The zero-order valence-electron chi connectivity index (χ0n) is 21.2. The number of phenolic OH excluding ortho intramolecular Hbond substituents is 2. The summed E-state index contributed by atoms with van der Waals surface area (Å²) in [6.07, 6.45) is 0.462. The highest BCUT2D eigenvalue weighted by molar-refractivity contribution is 5.54. The number of hydrogen-bond acceptors (Lipinski definition) is 13. The molecule has 0 heterocycles. The quantitative estimate of drug-likeness (QED) is 0.147. The van der Waals surface area contributed by atoms with Crippen molar-refractivity contribution in [2.45, 2.75) is 11.8 Å². The van der Waals surface area contributed by atoms with Crippen molar-refractivity contribution in [3.8, 4) is 34.8 Å². The van der Waals surface area contributed by atoms with E-state index in [1.807, 2.05) is 0 Å². The van der Waals surface area contributed by atoms with E-state index in [9.17, 15) is 55.8 Å². The number of ether oxygens (including phenoxy) is 2. The molecule has 3 aromatic carbocycles. The van der Waals surface area contributed by atoms with Crippen LogP contribution < -0.4 is 9.47 Å². The van der Waals surface area contributed by atoms with Crippen molar-refractivity contribution in [1.29, 1.82) is 0 Å². The highest BCUT2D eigenvalue weighted by Crippen LogP contribution is 2.39. The molecule has 0 aliphatic heterocycles. The molecule has 17 nitrogen and oxygen atoms in total. The molecule has 0 radical (unpaired) electrons. The summed E-state index contributed by atoms with van der Waals surface area (Å²) in [5.74, 6) is -1.89. The van der Waals surface area contributed by atoms with Crippen LogP contribution in [0.15, 0.2) is 89.8 Å². The van der Waals surface area contributed by atoms with E-state index in [1.54, 1.807) is 18.2 Å². The molecule has 0 aromatic heterocycles. The third kappa shape index (κ3) is 6.13. The largest absolute Gasteiger partial charge is 0.502 e. The van der Waals surface area contributed by atoms with Crippen molar-refractivity contribution >= 4 is 11.4 Å². The lowest BCUT2D eigenvalue weighted by Crippen LogP contribution is -2.54. The maximum atomic E-state index is 12.3. The Hall–Kier alpha value is -6.54. The predicted molar refractivity (Wildman–Crippen MR) is 142 cm³/mol. The molecule has 218 valence electrons. The molecular weight excluding hydrogens is 576 g/mol. The van der Waals surface area contributed by atoms with Crippen LogP contribution in [0.5, 0.6) is 23.0 Å².